The minimum atomic E-state index is -0.346. The Bertz CT molecular complexity index is 643. The van der Waals surface area contributed by atoms with Gasteiger partial charge in [-0.1, -0.05) is 11.8 Å². The second-order valence-corrected chi connectivity index (χ2v) is 4.36. The first-order chi connectivity index (χ1) is 9.70. The number of aromatic nitrogens is 2. The lowest BCUT2D eigenvalue weighted by Gasteiger charge is -2.09. The normalized spacial score (nSPS) is 9.95. The van der Waals surface area contributed by atoms with Gasteiger partial charge in [0.15, 0.2) is 0 Å². The van der Waals surface area contributed by atoms with Crippen molar-refractivity contribution in [1.29, 1.82) is 0 Å². The molecule has 0 spiro atoms. The molecule has 104 valence electrons. The lowest BCUT2D eigenvalue weighted by Crippen LogP contribution is -2.09. The molecular formula is C15H14ClFN2O. The van der Waals surface area contributed by atoms with Crippen LogP contribution in [0.2, 0.25) is 0 Å². The molecule has 0 saturated carbocycles. The molecular weight excluding hydrogens is 279 g/mol. The van der Waals surface area contributed by atoms with Crippen LogP contribution in [-0.4, -0.2) is 22.0 Å². The number of nitrogens with zero attached hydrogens (tertiary/aromatic N) is 2. The van der Waals surface area contributed by atoms with Gasteiger partial charge in [0.05, 0.1) is 18.0 Å². The number of ether oxygens (including phenoxy) is 1. The molecule has 0 fully saturated rings. The van der Waals surface area contributed by atoms with E-state index in [0.29, 0.717) is 24.5 Å². The van der Waals surface area contributed by atoms with Gasteiger partial charge < -0.3 is 9.30 Å². The molecule has 0 atom stereocenters. The zero-order chi connectivity index (χ0) is 14.4. The van der Waals surface area contributed by atoms with Crippen molar-refractivity contribution in [2.75, 3.05) is 12.5 Å². The number of aryl methyl sites for hydroxylation is 1. The van der Waals surface area contributed by atoms with E-state index in [0.717, 1.165) is 5.82 Å². The zero-order valence-corrected chi connectivity index (χ0v) is 11.8. The number of benzene rings is 1. The van der Waals surface area contributed by atoms with Gasteiger partial charge in [-0.3, -0.25) is 0 Å². The van der Waals surface area contributed by atoms with Crippen molar-refractivity contribution < 1.29 is 9.13 Å². The molecule has 0 amide bonds. The third-order valence-electron chi connectivity index (χ3n) is 2.74. The molecule has 0 saturated heterocycles. The molecule has 3 nitrogen and oxygen atoms in total. The van der Waals surface area contributed by atoms with Gasteiger partial charge in [-0.05, 0) is 25.1 Å². The number of hydrogen-bond acceptors (Lipinski definition) is 2. The standard InChI is InChI=1S/C15H14ClFN2O/c1-12-18-7-8-19(12)9-10-20-15-5-4-14(17)11-13(15)3-2-6-16/h4-5,7-8,11H,6,9-10H2,1H3. The summed E-state index contributed by atoms with van der Waals surface area (Å²) in [5.41, 5.74) is 0.507. The summed E-state index contributed by atoms with van der Waals surface area (Å²) in [7, 11) is 0. The minimum Gasteiger partial charge on any atom is -0.490 e. The Labute approximate surface area is 122 Å². The summed E-state index contributed by atoms with van der Waals surface area (Å²) < 4.78 is 20.8. The Balaban J connectivity index is 2.03. The van der Waals surface area contributed by atoms with Crippen molar-refractivity contribution >= 4 is 11.6 Å². The van der Waals surface area contributed by atoms with Crippen LogP contribution in [0.4, 0.5) is 4.39 Å². The quantitative estimate of drug-likeness (QED) is 0.640. The number of rotatable bonds is 4. The van der Waals surface area contributed by atoms with E-state index in [-0.39, 0.29) is 11.7 Å². The molecule has 0 aliphatic heterocycles. The van der Waals surface area contributed by atoms with Gasteiger partial charge in [-0.25, -0.2) is 9.37 Å². The molecule has 1 aromatic carbocycles. The molecule has 2 rings (SSSR count). The van der Waals surface area contributed by atoms with Crippen molar-refractivity contribution in [2.45, 2.75) is 13.5 Å². The Morgan fingerprint density at radius 1 is 1.45 bits per heavy atom. The number of halogens is 2. The topological polar surface area (TPSA) is 27.1 Å². The second-order valence-electron chi connectivity index (χ2n) is 4.09. The van der Waals surface area contributed by atoms with Crippen molar-refractivity contribution in [3.63, 3.8) is 0 Å². The SMILES string of the molecule is Cc1nccn1CCOc1ccc(F)cc1C#CCCl. The maximum absolute atomic E-state index is 13.2. The molecule has 1 aromatic heterocycles. The first-order valence-corrected chi connectivity index (χ1v) is 6.69. The smallest absolute Gasteiger partial charge is 0.135 e. The van der Waals surface area contributed by atoms with Gasteiger partial charge in [0.1, 0.15) is 24.0 Å². The Hall–Kier alpha value is -1.99. The average molecular weight is 293 g/mol. The van der Waals surface area contributed by atoms with Crippen LogP contribution >= 0.6 is 11.6 Å². The monoisotopic (exact) mass is 292 g/mol. The summed E-state index contributed by atoms with van der Waals surface area (Å²) in [4.78, 5) is 4.13. The third kappa shape index (κ3) is 3.75. The fourth-order valence-electron chi connectivity index (χ4n) is 1.75. The Morgan fingerprint density at radius 2 is 2.30 bits per heavy atom. The number of alkyl halides is 1. The highest BCUT2D eigenvalue weighted by molar-refractivity contribution is 6.19. The number of imidazole rings is 1. The van der Waals surface area contributed by atoms with Gasteiger partial charge in [-0.2, -0.15) is 0 Å². The highest BCUT2D eigenvalue weighted by atomic mass is 35.5. The van der Waals surface area contributed by atoms with E-state index >= 15 is 0 Å². The maximum Gasteiger partial charge on any atom is 0.135 e. The predicted molar refractivity (Wildman–Crippen MR) is 76.5 cm³/mol. The first-order valence-electron chi connectivity index (χ1n) is 6.15. The molecule has 0 radical (unpaired) electrons. The molecule has 0 bridgehead atoms. The molecule has 1 heterocycles. The van der Waals surface area contributed by atoms with Crippen LogP contribution in [0.3, 0.4) is 0 Å². The fourth-order valence-corrected chi connectivity index (χ4v) is 1.82. The van der Waals surface area contributed by atoms with Crippen molar-refractivity contribution in [2.24, 2.45) is 0 Å². The fraction of sp³-hybridized carbons (Fsp3) is 0.267. The molecule has 0 aliphatic carbocycles. The summed E-state index contributed by atoms with van der Waals surface area (Å²) >= 11 is 5.51. The van der Waals surface area contributed by atoms with Crippen LogP contribution in [0.25, 0.3) is 0 Å². The Morgan fingerprint density at radius 3 is 3.00 bits per heavy atom. The molecule has 2 aromatic rings. The van der Waals surface area contributed by atoms with Gasteiger partial charge in [0.2, 0.25) is 0 Å². The molecule has 0 aliphatic rings. The van der Waals surface area contributed by atoms with Gasteiger partial charge in [0, 0.05) is 12.4 Å². The second kappa shape index (κ2) is 6.97. The lowest BCUT2D eigenvalue weighted by molar-refractivity contribution is 0.296. The van der Waals surface area contributed by atoms with Crippen LogP contribution in [0, 0.1) is 24.6 Å². The maximum atomic E-state index is 13.2. The molecule has 20 heavy (non-hydrogen) atoms. The minimum absolute atomic E-state index is 0.199. The van der Waals surface area contributed by atoms with Gasteiger partial charge in [-0.15, -0.1) is 11.6 Å². The Kier molecular flexibility index (Phi) is 5.03. The molecule has 0 unspecified atom stereocenters. The van der Waals surface area contributed by atoms with E-state index < -0.39 is 0 Å². The summed E-state index contributed by atoms with van der Waals surface area (Å²) in [5, 5.41) is 0. The summed E-state index contributed by atoms with van der Waals surface area (Å²) in [6.07, 6.45) is 3.63. The molecule has 0 N–H and O–H groups in total. The van der Waals surface area contributed by atoms with Crippen LogP contribution in [0.15, 0.2) is 30.6 Å². The lowest BCUT2D eigenvalue weighted by atomic mass is 10.2. The van der Waals surface area contributed by atoms with E-state index in [4.69, 9.17) is 16.3 Å². The van der Waals surface area contributed by atoms with E-state index in [1.807, 2.05) is 17.7 Å². The van der Waals surface area contributed by atoms with E-state index in [1.165, 1.54) is 12.1 Å². The van der Waals surface area contributed by atoms with Crippen LogP contribution in [0.5, 0.6) is 5.75 Å². The molecule has 5 heteroatoms. The van der Waals surface area contributed by atoms with Crippen molar-refractivity contribution in [3.05, 3.63) is 47.8 Å². The zero-order valence-electron chi connectivity index (χ0n) is 11.1. The van der Waals surface area contributed by atoms with Gasteiger partial charge >= 0.3 is 0 Å². The van der Waals surface area contributed by atoms with Crippen LogP contribution in [-0.2, 0) is 6.54 Å². The summed E-state index contributed by atoms with van der Waals surface area (Å²) in [5.74, 6) is 6.83. The van der Waals surface area contributed by atoms with Crippen LogP contribution in [0.1, 0.15) is 11.4 Å². The predicted octanol–water partition coefficient (Wildman–Crippen LogP) is 3.00. The van der Waals surface area contributed by atoms with Crippen LogP contribution < -0.4 is 4.74 Å². The van der Waals surface area contributed by atoms with E-state index in [1.54, 1.807) is 12.3 Å². The van der Waals surface area contributed by atoms with E-state index in [9.17, 15) is 4.39 Å². The summed E-state index contributed by atoms with van der Waals surface area (Å²) in [6, 6.07) is 4.27. The van der Waals surface area contributed by atoms with Crippen molar-refractivity contribution in [1.82, 2.24) is 9.55 Å². The van der Waals surface area contributed by atoms with Crippen molar-refractivity contribution in [3.8, 4) is 17.6 Å². The highest BCUT2D eigenvalue weighted by Crippen LogP contribution is 2.18. The largest absolute Gasteiger partial charge is 0.490 e. The summed E-state index contributed by atoms with van der Waals surface area (Å²) in [6.45, 7) is 3.05. The third-order valence-corrected chi connectivity index (χ3v) is 2.88. The van der Waals surface area contributed by atoms with Gasteiger partial charge in [0.25, 0.3) is 0 Å². The number of hydrogen-bond donors (Lipinski definition) is 0. The first kappa shape index (κ1) is 14.4. The van der Waals surface area contributed by atoms with E-state index in [2.05, 4.69) is 16.8 Å². The highest BCUT2D eigenvalue weighted by Gasteiger charge is 2.04. The average Bonchev–Trinajstić information content (AvgIpc) is 2.84.